The van der Waals surface area contributed by atoms with Crippen molar-refractivity contribution in [3.63, 3.8) is 0 Å². The molecule has 1 rings (SSSR count). The van der Waals surface area contributed by atoms with Crippen LogP contribution in [0.3, 0.4) is 0 Å². The fourth-order valence-corrected chi connectivity index (χ4v) is 2.44. The molecule has 1 atom stereocenters. The summed E-state index contributed by atoms with van der Waals surface area (Å²) in [5.41, 5.74) is 0.566. The van der Waals surface area contributed by atoms with Gasteiger partial charge in [0.05, 0.1) is 5.75 Å². The van der Waals surface area contributed by atoms with Crippen molar-refractivity contribution in [3.05, 3.63) is 35.6 Å². The maximum Gasteiger partial charge on any atom is 0.215 e. The molecule has 0 aliphatic rings. The van der Waals surface area contributed by atoms with E-state index in [1.807, 2.05) is 6.92 Å². The summed E-state index contributed by atoms with van der Waals surface area (Å²) in [6, 6.07) is 5.51. The smallest absolute Gasteiger partial charge is 0.215 e. The maximum atomic E-state index is 12.6. The molecule has 0 spiro atoms. The molecule has 2 N–H and O–H groups in total. The van der Waals surface area contributed by atoms with E-state index in [0.717, 1.165) is 0 Å². The topological polar surface area (TPSA) is 58.2 Å². The molecule has 96 valence electrons. The first-order chi connectivity index (χ1) is 7.93. The van der Waals surface area contributed by atoms with Crippen LogP contribution in [0.15, 0.2) is 24.3 Å². The van der Waals surface area contributed by atoms with Crippen LogP contribution in [0.1, 0.15) is 12.5 Å². The molecule has 0 fully saturated rings. The third-order valence-corrected chi connectivity index (χ3v) is 3.69. The van der Waals surface area contributed by atoms with Gasteiger partial charge in [0.25, 0.3) is 0 Å². The Balaban J connectivity index is 2.57. The highest BCUT2D eigenvalue weighted by molar-refractivity contribution is 7.88. The number of likely N-dealkylation sites (N-methyl/N-ethyl adjacent to an activating group) is 1. The largest absolute Gasteiger partial charge is 0.316 e. The summed E-state index contributed by atoms with van der Waals surface area (Å²) in [4.78, 5) is 0. The van der Waals surface area contributed by atoms with Gasteiger partial charge in [-0.2, -0.15) is 0 Å². The number of hydrogen-bond acceptors (Lipinski definition) is 3. The van der Waals surface area contributed by atoms with Gasteiger partial charge in [0.2, 0.25) is 10.0 Å². The van der Waals surface area contributed by atoms with Crippen LogP contribution in [0.25, 0.3) is 0 Å². The summed E-state index contributed by atoms with van der Waals surface area (Å²) >= 11 is 0. The monoisotopic (exact) mass is 260 g/mol. The van der Waals surface area contributed by atoms with Crippen molar-refractivity contribution in [2.45, 2.75) is 18.7 Å². The second-order valence-corrected chi connectivity index (χ2v) is 5.73. The van der Waals surface area contributed by atoms with Crippen LogP contribution in [-0.4, -0.2) is 28.1 Å². The molecule has 17 heavy (non-hydrogen) atoms. The number of halogens is 1. The van der Waals surface area contributed by atoms with Crippen LogP contribution < -0.4 is 10.0 Å². The highest BCUT2D eigenvalue weighted by Gasteiger charge is 2.12. The van der Waals surface area contributed by atoms with Gasteiger partial charge in [0.15, 0.2) is 0 Å². The van der Waals surface area contributed by atoms with Crippen molar-refractivity contribution < 1.29 is 12.8 Å². The van der Waals surface area contributed by atoms with E-state index < -0.39 is 10.0 Å². The van der Waals surface area contributed by atoms with Crippen molar-refractivity contribution in [1.82, 2.24) is 10.0 Å². The zero-order valence-electron chi connectivity index (χ0n) is 9.90. The van der Waals surface area contributed by atoms with Crippen molar-refractivity contribution in [1.29, 1.82) is 0 Å². The molecule has 0 bridgehead atoms. The molecule has 6 heteroatoms. The van der Waals surface area contributed by atoms with Crippen molar-refractivity contribution in [2.24, 2.45) is 0 Å². The van der Waals surface area contributed by atoms with E-state index in [-0.39, 0.29) is 17.6 Å². The van der Waals surface area contributed by atoms with Crippen molar-refractivity contribution >= 4 is 10.0 Å². The summed E-state index contributed by atoms with van der Waals surface area (Å²) in [6.07, 6.45) is 0. The molecule has 0 saturated carbocycles. The average Bonchev–Trinajstić information content (AvgIpc) is 2.29. The van der Waals surface area contributed by atoms with Gasteiger partial charge in [-0.1, -0.05) is 12.1 Å². The normalized spacial score (nSPS) is 13.6. The van der Waals surface area contributed by atoms with Crippen LogP contribution in [0.2, 0.25) is 0 Å². The van der Waals surface area contributed by atoms with Gasteiger partial charge >= 0.3 is 0 Å². The van der Waals surface area contributed by atoms with Gasteiger partial charge in [0, 0.05) is 12.6 Å². The first kappa shape index (κ1) is 14.1. The van der Waals surface area contributed by atoms with Gasteiger partial charge in [-0.25, -0.2) is 17.5 Å². The molecule has 1 unspecified atom stereocenters. The number of sulfonamides is 1. The number of rotatable bonds is 6. The number of hydrogen-bond donors (Lipinski definition) is 2. The van der Waals surface area contributed by atoms with Crippen LogP contribution in [0, 0.1) is 5.82 Å². The highest BCUT2D eigenvalue weighted by Crippen LogP contribution is 2.06. The average molecular weight is 260 g/mol. The molecule has 0 aromatic heterocycles. The van der Waals surface area contributed by atoms with E-state index in [1.54, 1.807) is 7.05 Å². The maximum absolute atomic E-state index is 12.6. The zero-order chi connectivity index (χ0) is 12.9. The molecular formula is C11H17FN2O2S. The molecule has 1 aromatic rings. The van der Waals surface area contributed by atoms with Gasteiger partial charge in [0.1, 0.15) is 5.82 Å². The minimum atomic E-state index is -3.37. The Hall–Kier alpha value is -0.980. The van der Waals surface area contributed by atoms with E-state index in [2.05, 4.69) is 10.0 Å². The lowest BCUT2D eigenvalue weighted by Gasteiger charge is -2.11. The minimum Gasteiger partial charge on any atom is -0.316 e. The van der Waals surface area contributed by atoms with E-state index in [0.29, 0.717) is 12.1 Å². The van der Waals surface area contributed by atoms with Gasteiger partial charge in [-0.15, -0.1) is 0 Å². The molecule has 0 amide bonds. The number of benzene rings is 1. The SMILES string of the molecule is CNC(C)CNS(=O)(=O)Cc1ccc(F)cc1. The lowest BCUT2D eigenvalue weighted by Crippen LogP contribution is -2.37. The van der Waals surface area contributed by atoms with Crippen molar-refractivity contribution in [2.75, 3.05) is 13.6 Å². The van der Waals surface area contributed by atoms with Crippen LogP contribution in [-0.2, 0) is 15.8 Å². The fraction of sp³-hybridized carbons (Fsp3) is 0.455. The molecule has 0 saturated heterocycles. The lowest BCUT2D eigenvalue weighted by molar-refractivity contribution is 0.553. The van der Waals surface area contributed by atoms with E-state index in [9.17, 15) is 12.8 Å². The van der Waals surface area contributed by atoms with E-state index >= 15 is 0 Å². The molecule has 0 radical (unpaired) electrons. The molecule has 0 heterocycles. The highest BCUT2D eigenvalue weighted by atomic mass is 32.2. The lowest BCUT2D eigenvalue weighted by atomic mass is 10.2. The van der Waals surface area contributed by atoms with Gasteiger partial charge < -0.3 is 5.32 Å². The predicted molar refractivity (Wildman–Crippen MR) is 65.5 cm³/mol. The summed E-state index contributed by atoms with van der Waals surface area (Å²) in [5.74, 6) is -0.508. The molecular weight excluding hydrogens is 243 g/mol. The summed E-state index contributed by atoms with van der Waals surface area (Å²) < 4.78 is 38.5. The number of nitrogens with one attached hydrogen (secondary N) is 2. The summed E-state index contributed by atoms with van der Waals surface area (Å²) in [6.45, 7) is 2.21. The Kier molecular flexibility index (Phi) is 5.04. The molecule has 1 aromatic carbocycles. The van der Waals surface area contributed by atoms with Gasteiger partial charge in [-0.05, 0) is 31.7 Å². The third kappa shape index (κ3) is 5.25. The van der Waals surface area contributed by atoms with Crippen LogP contribution in [0.4, 0.5) is 4.39 Å². The molecule has 0 aliphatic carbocycles. The standard InChI is InChI=1S/C11H17FN2O2S/c1-9(13-2)7-14-17(15,16)8-10-3-5-11(12)6-4-10/h3-6,9,13-14H,7-8H2,1-2H3. The second-order valence-electron chi connectivity index (χ2n) is 3.92. The summed E-state index contributed by atoms with van der Waals surface area (Å²) in [7, 11) is -1.60. The Bertz CT molecular complexity index is 445. The van der Waals surface area contributed by atoms with Gasteiger partial charge in [-0.3, -0.25) is 0 Å². The quantitative estimate of drug-likeness (QED) is 0.797. The zero-order valence-corrected chi connectivity index (χ0v) is 10.7. The first-order valence-corrected chi connectivity index (χ1v) is 6.97. The molecule has 4 nitrogen and oxygen atoms in total. The fourth-order valence-electron chi connectivity index (χ4n) is 1.21. The Morgan fingerprint density at radius 3 is 2.41 bits per heavy atom. The van der Waals surface area contributed by atoms with E-state index in [1.165, 1.54) is 24.3 Å². The summed E-state index contributed by atoms with van der Waals surface area (Å²) in [5, 5.41) is 2.93. The van der Waals surface area contributed by atoms with Crippen molar-refractivity contribution in [3.8, 4) is 0 Å². The van der Waals surface area contributed by atoms with Crippen LogP contribution in [0.5, 0.6) is 0 Å². The third-order valence-electron chi connectivity index (χ3n) is 2.37. The molecule has 0 aliphatic heterocycles. The Morgan fingerprint density at radius 2 is 1.88 bits per heavy atom. The van der Waals surface area contributed by atoms with Crippen LogP contribution >= 0.6 is 0 Å². The second kappa shape index (κ2) is 6.09. The Morgan fingerprint density at radius 1 is 1.29 bits per heavy atom. The minimum absolute atomic E-state index is 0.0676. The Labute approximate surface area is 101 Å². The first-order valence-electron chi connectivity index (χ1n) is 5.32. The predicted octanol–water partition coefficient (Wildman–Crippen LogP) is 0.853. The van der Waals surface area contributed by atoms with E-state index in [4.69, 9.17) is 0 Å².